The number of hydrogen-bond acceptors (Lipinski definition) is 5. The maximum absolute atomic E-state index is 6.64. The first kappa shape index (κ1) is 26.7. The number of hydrogen-bond donors (Lipinski definition) is 0. The van der Waals surface area contributed by atoms with Gasteiger partial charge in [0.25, 0.3) is 0 Å². The molecule has 38 heavy (non-hydrogen) atoms. The van der Waals surface area contributed by atoms with E-state index < -0.39 is 0 Å². The molecular weight excluding hydrogens is 492 g/mol. The molecule has 0 saturated carbocycles. The first-order chi connectivity index (χ1) is 18.8. The summed E-state index contributed by atoms with van der Waals surface area (Å²) in [6.45, 7) is 1.96. The Morgan fingerprint density at radius 1 is 0.605 bits per heavy atom. The van der Waals surface area contributed by atoms with E-state index in [9.17, 15) is 0 Å². The fourth-order valence-electron chi connectivity index (χ4n) is 4.54. The van der Waals surface area contributed by atoms with Crippen LogP contribution in [-0.4, -0.2) is 30.4 Å². The second-order valence-corrected chi connectivity index (χ2v) is 10.6. The summed E-state index contributed by atoms with van der Waals surface area (Å²) in [6.07, 6.45) is 0.0563. The Morgan fingerprint density at radius 3 is 1.68 bits per heavy atom. The quantitative estimate of drug-likeness (QED) is 0.194. The van der Waals surface area contributed by atoms with Gasteiger partial charge in [0.1, 0.15) is 17.6 Å². The number of thioether (sulfide) groups is 1. The van der Waals surface area contributed by atoms with Crippen LogP contribution in [0.15, 0.2) is 126 Å². The summed E-state index contributed by atoms with van der Waals surface area (Å²) in [4.78, 5) is 1.17. The monoisotopic (exact) mass is 526 g/mol. The first-order valence-corrected chi connectivity index (χ1v) is 14.0. The molecule has 5 rings (SSSR count). The molecule has 0 bridgehead atoms. The summed E-state index contributed by atoms with van der Waals surface area (Å²) in [7, 11) is 0. The van der Waals surface area contributed by atoms with Crippen molar-refractivity contribution in [2.24, 2.45) is 0 Å². The van der Waals surface area contributed by atoms with Crippen LogP contribution >= 0.6 is 11.8 Å². The van der Waals surface area contributed by atoms with Crippen molar-refractivity contribution in [1.82, 2.24) is 0 Å². The van der Waals surface area contributed by atoms with E-state index in [1.165, 1.54) is 4.90 Å². The van der Waals surface area contributed by atoms with Crippen LogP contribution in [0.4, 0.5) is 0 Å². The molecule has 1 saturated heterocycles. The highest BCUT2D eigenvalue weighted by Gasteiger charge is 2.41. The fraction of sp³-hybridized carbons (Fsp3) is 0.273. The second kappa shape index (κ2) is 14.3. The SMILES string of the molecule is c1ccc(COCC2O[C@@H](Sc3ccccc3)C[C@@H](OCc3ccccc3)[C@@H]2OCc2ccccc2)cc1. The zero-order valence-corrected chi connectivity index (χ0v) is 22.2. The molecule has 0 N–H and O–H groups in total. The van der Waals surface area contributed by atoms with Gasteiger partial charge in [0.15, 0.2) is 0 Å². The molecule has 4 aromatic rings. The van der Waals surface area contributed by atoms with Crippen molar-refractivity contribution in [2.45, 2.75) is 54.9 Å². The molecule has 0 spiro atoms. The highest BCUT2D eigenvalue weighted by Crippen LogP contribution is 2.36. The van der Waals surface area contributed by atoms with Crippen LogP contribution < -0.4 is 0 Å². The molecule has 1 aliphatic rings. The van der Waals surface area contributed by atoms with Crippen molar-refractivity contribution in [3.63, 3.8) is 0 Å². The van der Waals surface area contributed by atoms with E-state index in [1.54, 1.807) is 11.8 Å². The van der Waals surface area contributed by atoms with E-state index in [4.69, 9.17) is 18.9 Å². The van der Waals surface area contributed by atoms with Gasteiger partial charge in [-0.1, -0.05) is 121 Å². The van der Waals surface area contributed by atoms with Crippen molar-refractivity contribution < 1.29 is 18.9 Å². The molecule has 0 aromatic heterocycles. The van der Waals surface area contributed by atoms with E-state index in [0.717, 1.165) is 23.1 Å². The van der Waals surface area contributed by atoms with E-state index in [0.29, 0.717) is 26.4 Å². The number of ether oxygens (including phenoxy) is 4. The lowest BCUT2D eigenvalue weighted by Gasteiger charge is -2.41. The lowest BCUT2D eigenvalue weighted by atomic mass is 10.0. The van der Waals surface area contributed by atoms with Gasteiger partial charge in [-0.3, -0.25) is 0 Å². The summed E-state index contributed by atoms with van der Waals surface area (Å²) in [5, 5.41) is 0. The summed E-state index contributed by atoms with van der Waals surface area (Å²) < 4.78 is 25.9. The first-order valence-electron chi connectivity index (χ1n) is 13.1. The molecule has 1 fully saturated rings. The van der Waals surface area contributed by atoms with Crippen LogP contribution in [-0.2, 0) is 38.8 Å². The Morgan fingerprint density at radius 2 is 1.11 bits per heavy atom. The van der Waals surface area contributed by atoms with Crippen LogP contribution in [0.2, 0.25) is 0 Å². The number of rotatable bonds is 12. The molecule has 0 amide bonds. The molecule has 1 aliphatic heterocycles. The Balaban J connectivity index is 1.33. The van der Waals surface area contributed by atoms with Crippen LogP contribution in [0.3, 0.4) is 0 Å². The smallest absolute Gasteiger partial charge is 0.113 e. The van der Waals surface area contributed by atoms with Gasteiger partial charge in [0.2, 0.25) is 0 Å². The van der Waals surface area contributed by atoms with Gasteiger partial charge in [0.05, 0.1) is 32.5 Å². The molecule has 4 atom stereocenters. The third-order valence-electron chi connectivity index (χ3n) is 6.48. The Bertz CT molecular complexity index is 1190. The van der Waals surface area contributed by atoms with Crippen molar-refractivity contribution in [3.8, 4) is 0 Å². The van der Waals surface area contributed by atoms with Crippen LogP contribution in [0.1, 0.15) is 23.1 Å². The molecule has 4 aromatic carbocycles. The Hall–Kier alpha value is -2.93. The van der Waals surface area contributed by atoms with Gasteiger partial charge >= 0.3 is 0 Å². The standard InChI is InChI=1S/C33H34O4S/c1-5-13-26(14-6-1)22-34-25-31-33(36-24-28-17-9-3-10-18-28)30(35-23-27-15-7-2-8-16-27)21-32(37-31)38-29-19-11-4-12-20-29/h1-20,30-33H,21-25H2/t30-,31?,32+,33+/m1/s1. The van der Waals surface area contributed by atoms with Gasteiger partial charge in [-0.15, -0.1) is 0 Å². The summed E-state index contributed by atoms with van der Waals surface area (Å²) >= 11 is 1.73. The van der Waals surface area contributed by atoms with Gasteiger partial charge < -0.3 is 18.9 Å². The van der Waals surface area contributed by atoms with Crippen molar-refractivity contribution in [2.75, 3.05) is 6.61 Å². The van der Waals surface area contributed by atoms with Crippen LogP contribution in [0.25, 0.3) is 0 Å². The van der Waals surface area contributed by atoms with Crippen LogP contribution in [0.5, 0.6) is 0 Å². The zero-order valence-electron chi connectivity index (χ0n) is 21.4. The minimum atomic E-state index is -0.266. The molecule has 4 nitrogen and oxygen atoms in total. The molecule has 1 unspecified atom stereocenters. The highest BCUT2D eigenvalue weighted by atomic mass is 32.2. The lowest BCUT2D eigenvalue weighted by Crippen LogP contribution is -2.51. The molecular formula is C33H34O4S. The van der Waals surface area contributed by atoms with Gasteiger partial charge in [-0.25, -0.2) is 0 Å². The predicted molar refractivity (Wildman–Crippen MR) is 152 cm³/mol. The maximum Gasteiger partial charge on any atom is 0.113 e. The summed E-state index contributed by atoms with van der Waals surface area (Å²) in [5.74, 6) is 0. The van der Waals surface area contributed by atoms with E-state index >= 15 is 0 Å². The third-order valence-corrected chi connectivity index (χ3v) is 7.59. The minimum absolute atomic E-state index is 0.0694. The largest absolute Gasteiger partial charge is 0.374 e. The van der Waals surface area contributed by atoms with Gasteiger partial charge in [-0.2, -0.15) is 0 Å². The maximum atomic E-state index is 6.64. The van der Waals surface area contributed by atoms with Crippen molar-refractivity contribution in [3.05, 3.63) is 138 Å². The average molecular weight is 527 g/mol. The number of benzene rings is 4. The molecule has 0 aliphatic carbocycles. The van der Waals surface area contributed by atoms with Crippen molar-refractivity contribution in [1.29, 1.82) is 0 Å². The second-order valence-electron chi connectivity index (χ2n) is 9.37. The highest BCUT2D eigenvalue weighted by molar-refractivity contribution is 7.99. The van der Waals surface area contributed by atoms with Gasteiger partial charge in [-0.05, 0) is 28.8 Å². The van der Waals surface area contributed by atoms with E-state index in [1.807, 2.05) is 60.7 Å². The molecule has 0 radical (unpaired) electrons. The predicted octanol–water partition coefficient (Wildman–Crippen LogP) is 7.28. The summed E-state index contributed by atoms with van der Waals surface area (Å²) in [6, 6.07) is 41.1. The molecule has 1 heterocycles. The molecule has 196 valence electrons. The molecule has 5 heteroatoms. The average Bonchev–Trinajstić information content (AvgIpc) is 2.98. The lowest BCUT2D eigenvalue weighted by molar-refractivity contribution is -0.204. The zero-order chi connectivity index (χ0) is 25.8. The van der Waals surface area contributed by atoms with E-state index in [2.05, 4.69) is 60.7 Å². The fourth-order valence-corrected chi connectivity index (χ4v) is 5.64. The van der Waals surface area contributed by atoms with Crippen LogP contribution in [0, 0.1) is 0 Å². The Kier molecular flexibility index (Phi) is 10.0. The summed E-state index contributed by atoms with van der Waals surface area (Å²) in [5.41, 5.74) is 3.33. The van der Waals surface area contributed by atoms with E-state index in [-0.39, 0.29) is 23.7 Å². The third kappa shape index (κ3) is 8.03. The normalized spacial score (nSPS) is 21.3. The van der Waals surface area contributed by atoms with Gasteiger partial charge in [0, 0.05) is 11.3 Å². The minimum Gasteiger partial charge on any atom is -0.374 e. The van der Waals surface area contributed by atoms with Crippen molar-refractivity contribution >= 4 is 11.8 Å². The Labute approximate surface area is 229 Å². The topological polar surface area (TPSA) is 36.9 Å².